The summed E-state index contributed by atoms with van der Waals surface area (Å²) in [6.07, 6.45) is 3.09. The number of benzene rings is 1. The van der Waals surface area contributed by atoms with Crippen molar-refractivity contribution < 1.29 is 4.79 Å². The fourth-order valence-electron chi connectivity index (χ4n) is 2.25. The average molecular weight is 296 g/mol. The minimum absolute atomic E-state index is 0.0221. The first-order valence-corrected chi connectivity index (χ1v) is 7.82. The maximum absolute atomic E-state index is 12.6. The van der Waals surface area contributed by atoms with Crippen LogP contribution in [0.2, 0.25) is 0 Å². The van der Waals surface area contributed by atoms with Crippen LogP contribution in [0.15, 0.2) is 24.3 Å². The lowest BCUT2D eigenvalue weighted by molar-refractivity contribution is 0.0790. The predicted octanol–water partition coefficient (Wildman–Crippen LogP) is 4.47. The maximum Gasteiger partial charge on any atom is 0.253 e. The topological polar surface area (TPSA) is 20.3 Å². The number of carbonyl (C=O) groups excluding carboxylic acids is 1. The average Bonchev–Trinajstić information content (AvgIpc) is 2.41. The van der Waals surface area contributed by atoms with Crippen LogP contribution in [0.3, 0.4) is 0 Å². The van der Waals surface area contributed by atoms with Gasteiger partial charge in [0.2, 0.25) is 0 Å². The summed E-state index contributed by atoms with van der Waals surface area (Å²) in [6, 6.07) is 7.91. The van der Waals surface area contributed by atoms with Gasteiger partial charge in [0.25, 0.3) is 5.91 Å². The van der Waals surface area contributed by atoms with Gasteiger partial charge < -0.3 is 4.90 Å². The third kappa shape index (κ3) is 4.82. The van der Waals surface area contributed by atoms with E-state index in [1.165, 1.54) is 0 Å². The van der Waals surface area contributed by atoms with Crippen molar-refractivity contribution in [1.82, 2.24) is 4.90 Å². The van der Waals surface area contributed by atoms with E-state index < -0.39 is 0 Å². The van der Waals surface area contributed by atoms with E-state index in [1.54, 1.807) is 0 Å². The largest absolute Gasteiger partial charge is 0.342 e. The van der Waals surface area contributed by atoms with Crippen LogP contribution in [0.5, 0.6) is 0 Å². The fourth-order valence-corrected chi connectivity index (χ4v) is 2.44. The highest BCUT2D eigenvalue weighted by molar-refractivity contribution is 6.17. The van der Waals surface area contributed by atoms with Crippen molar-refractivity contribution in [3.63, 3.8) is 0 Å². The molecule has 0 unspecified atom stereocenters. The van der Waals surface area contributed by atoms with Gasteiger partial charge in [-0.2, -0.15) is 0 Å². The molecule has 1 aromatic carbocycles. The number of carbonyl (C=O) groups is 1. The summed E-state index contributed by atoms with van der Waals surface area (Å²) in [5, 5.41) is 0. The van der Waals surface area contributed by atoms with Gasteiger partial charge in [0.15, 0.2) is 0 Å². The van der Waals surface area contributed by atoms with E-state index in [1.807, 2.05) is 30.1 Å². The Hall–Kier alpha value is -1.02. The molecule has 0 aromatic heterocycles. The molecule has 1 amide bonds. The van der Waals surface area contributed by atoms with Gasteiger partial charge in [-0.15, -0.1) is 11.6 Å². The Morgan fingerprint density at radius 1 is 1.15 bits per heavy atom. The van der Waals surface area contributed by atoms with E-state index >= 15 is 0 Å². The first-order chi connectivity index (χ1) is 9.38. The molecule has 20 heavy (non-hydrogen) atoms. The van der Waals surface area contributed by atoms with Crippen LogP contribution in [0.1, 0.15) is 56.0 Å². The number of alkyl halides is 1. The lowest BCUT2D eigenvalue weighted by Crippen LogP contribution is -2.30. The molecule has 0 spiro atoms. The molecule has 0 saturated heterocycles. The first-order valence-electron chi connectivity index (χ1n) is 7.29. The van der Waals surface area contributed by atoms with Gasteiger partial charge in [-0.25, -0.2) is 0 Å². The summed E-state index contributed by atoms with van der Waals surface area (Å²) in [4.78, 5) is 14.4. The maximum atomic E-state index is 12.6. The van der Waals surface area contributed by atoms with Crippen molar-refractivity contribution >= 4 is 17.5 Å². The van der Waals surface area contributed by atoms with Crippen molar-refractivity contribution in [1.29, 1.82) is 0 Å². The summed E-state index contributed by atoms with van der Waals surface area (Å²) >= 11 is 5.67. The van der Waals surface area contributed by atoms with Crippen LogP contribution in [-0.2, 0) is 5.41 Å². The molecule has 1 aromatic rings. The SMILES string of the molecule is CN(CCCCCCl)C(=O)c1ccccc1C(C)(C)C. The Kier molecular flexibility index (Phi) is 6.54. The van der Waals surface area contributed by atoms with Crippen LogP contribution in [0.4, 0.5) is 0 Å². The molecule has 112 valence electrons. The Morgan fingerprint density at radius 2 is 1.80 bits per heavy atom. The van der Waals surface area contributed by atoms with Crippen LogP contribution < -0.4 is 0 Å². The summed E-state index contributed by atoms with van der Waals surface area (Å²) in [6.45, 7) is 7.20. The number of nitrogens with zero attached hydrogens (tertiary/aromatic N) is 1. The first kappa shape index (κ1) is 17.0. The molecule has 0 saturated carbocycles. The lowest BCUT2D eigenvalue weighted by atomic mass is 9.83. The minimum atomic E-state index is -0.0221. The van der Waals surface area contributed by atoms with Crippen molar-refractivity contribution in [2.75, 3.05) is 19.5 Å². The van der Waals surface area contributed by atoms with Crippen molar-refractivity contribution in [2.24, 2.45) is 0 Å². The van der Waals surface area contributed by atoms with Gasteiger partial charge in [-0.3, -0.25) is 4.79 Å². The molecule has 0 aliphatic carbocycles. The summed E-state index contributed by atoms with van der Waals surface area (Å²) in [5.41, 5.74) is 1.91. The molecule has 0 fully saturated rings. The second-order valence-electron chi connectivity index (χ2n) is 6.27. The number of unbranched alkanes of at least 4 members (excludes halogenated alkanes) is 2. The standard InChI is InChI=1S/C17H26ClNO/c1-17(2,3)15-11-7-6-10-14(15)16(20)19(4)13-9-5-8-12-18/h6-7,10-11H,5,8-9,12-13H2,1-4H3. The summed E-state index contributed by atoms with van der Waals surface area (Å²) in [7, 11) is 1.88. The minimum Gasteiger partial charge on any atom is -0.342 e. The number of rotatable bonds is 6. The third-order valence-electron chi connectivity index (χ3n) is 3.44. The quantitative estimate of drug-likeness (QED) is 0.560. The molecule has 2 nitrogen and oxygen atoms in total. The second-order valence-corrected chi connectivity index (χ2v) is 6.65. The molecule has 3 heteroatoms. The van der Waals surface area contributed by atoms with Gasteiger partial charge in [0.05, 0.1) is 0 Å². The van der Waals surface area contributed by atoms with E-state index in [-0.39, 0.29) is 11.3 Å². The summed E-state index contributed by atoms with van der Waals surface area (Å²) < 4.78 is 0. The second kappa shape index (κ2) is 7.68. The number of halogens is 1. The smallest absolute Gasteiger partial charge is 0.253 e. The monoisotopic (exact) mass is 295 g/mol. The zero-order valence-corrected chi connectivity index (χ0v) is 13.8. The van der Waals surface area contributed by atoms with E-state index in [0.717, 1.165) is 36.9 Å². The van der Waals surface area contributed by atoms with Gasteiger partial charge >= 0.3 is 0 Å². The van der Waals surface area contributed by atoms with E-state index in [0.29, 0.717) is 5.88 Å². The molecule has 0 aliphatic rings. The molecule has 0 N–H and O–H groups in total. The highest BCUT2D eigenvalue weighted by Crippen LogP contribution is 2.26. The van der Waals surface area contributed by atoms with Gasteiger partial charge in [0.1, 0.15) is 0 Å². The molecule has 0 bridgehead atoms. The zero-order valence-electron chi connectivity index (χ0n) is 13.1. The Bertz CT molecular complexity index is 437. The molecule has 0 radical (unpaired) electrons. The molecular weight excluding hydrogens is 270 g/mol. The fraction of sp³-hybridized carbons (Fsp3) is 0.588. The van der Waals surface area contributed by atoms with Crippen molar-refractivity contribution in [3.05, 3.63) is 35.4 Å². The third-order valence-corrected chi connectivity index (χ3v) is 3.71. The number of hydrogen-bond donors (Lipinski definition) is 0. The predicted molar refractivity (Wildman–Crippen MR) is 86.7 cm³/mol. The van der Waals surface area contributed by atoms with Crippen LogP contribution in [0, 0.1) is 0 Å². The van der Waals surface area contributed by atoms with Gasteiger partial charge in [-0.1, -0.05) is 45.4 Å². The molecular formula is C17H26ClNO. The Morgan fingerprint density at radius 3 is 2.40 bits per heavy atom. The molecule has 0 aliphatic heterocycles. The van der Waals surface area contributed by atoms with Crippen LogP contribution in [-0.4, -0.2) is 30.3 Å². The lowest BCUT2D eigenvalue weighted by Gasteiger charge is -2.25. The highest BCUT2D eigenvalue weighted by atomic mass is 35.5. The van der Waals surface area contributed by atoms with Crippen LogP contribution >= 0.6 is 11.6 Å². The van der Waals surface area contributed by atoms with Crippen molar-refractivity contribution in [2.45, 2.75) is 45.4 Å². The Labute approximate surface area is 128 Å². The van der Waals surface area contributed by atoms with Crippen molar-refractivity contribution in [3.8, 4) is 0 Å². The van der Waals surface area contributed by atoms with E-state index in [9.17, 15) is 4.79 Å². The van der Waals surface area contributed by atoms with Crippen LogP contribution in [0.25, 0.3) is 0 Å². The molecule has 0 atom stereocenters. The van der Waals surface area contributed by atoms with Gasteiger partial charge in [-0.05, 0) is 29.9 Å². The zero-order chi connectivity index (χ0) is 15.2. The van der Waals surface area contributed by atoms with E-state index in [2.05, 4.69) is 26.8 Å². The van der Waals surface area contributed by atoms with Gasteiger partial charge in [0, 0.05) is 25.0 Å². The highest BCUT2D eigenvalue weighted by Gasteiger charge is 2.22. The molecule has 0 heterocycles. The molecule has 1 rings (SSSR count). The number of amides is 1. The van der Waals surface area contributed by atoms with E-state index in [4.69, 9.17) is 11.6 Å². The summed E-state index contributed by atoms with van der Waals surface area (Å²) in [5.74, 6) is 0.811. The Balaban J connectivity index is 2.77. The number of hydrogen-bond acceptors (Lipinski definition) is 1. The normalized spacial score (nSPS) is 11.4.